The second-order valence-electron chi connectivity index (χ2n) is 5.84. The first kappa shape index (κ1) is 14.8. The molecule has 0 unspecified atom stereocenters. The lowest BCUT2D eigenvalue weighted by Crippen LogP contribution is -2.35. The van der Waals surface area contributed by atoms with E-state index in [0.29, 0.717) is 6.54 Å². The van der Waals surface area contributed by atoms with Gasteiger partial charge in [-0.15, -0.1) is 13.0 Å². The molecule has 20 heavy (non-hydrogen) atoms. The molecule has 2 N–H and O–H groups in total. The molecule has 1 aromatic carbocycles. The van der Waals surface area contributed by atoms with Gasteiger partial charge in [0.15, 0.2) is 0 Å². The van der Waals surface area contributed by atoms with E-state index in [2.05, 4.69) is 29.9 Å². The van der Waals surface area contributed by atoms with Crippen molar-refractivity contribution in [2.75, 3.05) is 6.54 Å². The van der Waals surface area contributed by atoms with Crippen LogP contribution >= 0.6 is 0 Å². The molecule has 1 aromatic rings. The molecule has 1 aliphatic rings. The van der Waals surface area contributed by atoms with Gasteiger partial charge in [0.2, 0.25) is 0 Å². The fraction of sp³-hybridized carbons (Fsp3) is 0.444. The molecule has 1 saturated carbocycles. The third-order valence-electron chi connectivity index (χ3n) is 3.91. The summed E-state index contributed by atoms with van der Waals surface area (Å²) in [5.41, 5.74) is 3.29. The largest absolute Gasteiger partial charge is 0.392 e. The van der Waals surface area contributed by atoms with Crippen LogP contribution in [-0.2, 0) is 5.54 Å². The van der Waals surface area contributed by atoms with Gasteiger partial charge in [0.05, 0.1) is 6.10 Å². The van der Waals surface area contributed by atoms with E-state index >= 15 is 0 Å². The van der Waals surface area contributed by atoms with Crippen LogP contribution in [0.15, 0.2) is 36.4 Å². The van der Waals surface area contributed by atoms with Crippen LogP contribution in [0.1, 0.15) is 43.7 Å². The first-order chi connectivity index (χ1) is 9.55. The number of allylic oxidation sites excluding steroid dienone is 1. The highest BCUT2D eigenvalue weighted by molar-refractivity contribution is 5.40. The number of hydrogen-bond donors (Lipinski definition) is 2. The zero-order valence-corrected chi connectivity index (χ0v) is 12.2. The van der Waals surface area contributed by atoms with Crippen molar-refractivity contribution in [1.29, 1.82) is 0 Å². The van der Waals surface area contributed by atoms with Gasteiger partial charge in [0, 0.05) is 17.6 Å². The minimum absolute atomic E-state index is 0.0249. The summed E-state index contributed by atoms with van der Waals surface area (Å²) in [6, 6.07) is 8.13. The Hall–Kier alpha value is -1.56. The predicted molar refractivity (Wildman–Crippen MR) is 83.3 cm³/mol. The van der Waals surface area contributed by atoms with Gasteiger partial charge in [-0.3, -0.25) is 0 Å². The van der Waals surface area contributed by atoms with Crippen LogP contribution in [0.5, 0.6) is 0 Å². The molecule has 0 heterocycles. The Labute approximate surface area is 121 Å². The van der Waals surface area contributed by atoms with Crippen molar-refractivity contribution in [1.82, 2.24) is 5.32 Å². The summed E-state index contributed by atoms with van der Waals surface area (Å²) in [5, 5.41) is 13.5. The van der Waals surface area contributed by atoms with E-state index in [1.54, 1.807) is 0 Å². The average molecular weight is 269 g/mol. The summed E-state index contributed by atoms with van der Waals surface area (Å²) >= 11 is 0. The Kier molecular flexibility index (Phi) is 4.65. The van der Waals surface area contributed by atoms with Gasteiger partial charge in [0.1, 0.15) is 0 Å². The number of hydrogen-bond acceptors (Lipinski definition) is 2. The highest BCUT2D eigenvalue weighted by atomic mass is 16.3. The van der Waals surface area contributed by atoms with Gasteiger partial charge in [-0.25, -0.2) is 0 Å². The minimum Gasteiger partial charge on any atom is -0.392 e. The Morgan fingerprint density at radius 1 is 1.55 bits per heavy atom. The monoisotopic (exact) mass is 269 g/mol. The maximum Gasteiger partial charge on any atom is 0.0668 e. The standard InChI is InChI=1S/C18H23NO/c1-4-15-6-5-7-16(12-15)18(10-11-18)19-13-17(20)9-8-14(2)3/h1,5-7,12,17,19-20H,2,8-11,13H2,3H3/t17-/m0/s1. The Morgan fingerprint density at radius 3 is 2.90 bits per heavy atom. The molecular formula is C18H23NO. The molecule has 0 spiro atoms. The zero-order chi connectivity index (χ0) is 14.6. The summed E-state index contributed by atoms with van der Waals surface area (Å²) in [4.78, 5) is 0. The van der Waals surface area contributed by atoms with Crippen LogP contribution in [0, 0.1) is 12.3 Å². The lowest BCUT2D eigenvalue weighted by atomic mass is 10.0. The molecule has 2 rings (SSSR count). The highest BCUT2D eigenvalue weighted by Gasteiger charge is 2.43. The average Bonchev–Trinajstić information content (AvgIpc) is 3.24. The van der Waals surface area contributed by atoms with Gasteiger partial charge < -0.3 is 10.4 Å². The van der Waals surface area contributed by atoms with Gasteiger partial charge in [-0.1, -0.05) is 23.6 Å². The van der Waals surface area contributed by atoms with Crippen molar-refractivity contribution >= 4 is 0 Å². The predicted octanol–water partition coefficient (Wildman–Crippen LogP) is 2.96. The number of terminal acetylenes is 1. The number of rotatable bonds is 7. The SMILES string of the molecule is C#Cc1cccc(C2(NC[C@@H](O)CCC(=C)C)CC2)c1. The zero-order valence-electron chi connectivity index (χ0n) is 12.2. The fourth-order valence-electron chi connectivity index (χ4n) is 2.43. The third kappa shape index (κ3) is 3.72. The minimum atomic E-state index is -0.319. The van der Waals surface area contributed by atoms with E-state index in [-0.39, 0.29) is 11.6 Å². The molecule has 2 heteroatoms. The third-order valence-corrected chi connectivity index (χ3v) is 3.91. The van der Waals surface area contributed by atoms with Gasteiger partial charge in [0.25, 0.3) is 0 Å². The topological polar surface area (TPSA) is 32.3 Å². The molecule has 1 aliphatic carbocycles. The number of aliphatic hydroxyl groups excluding tert-OH is 1. The number of aliphatic hydroxyl groups is 1. The summed E-state index contributed by atoms with van der Waals surface area (Å²) in [7, 11) is 0. The molecule has 0 saturated heterocycles. The maximum atomic E-state index is 10.0. The van der Waals surface area contributed by atoms with E-state index in [4.69, 9.17) is 6.42 Å². The van der Waals surface area contributed by atoms with Crippen molar-refractivity contribution in [3.05, 3.63) is 47.5 Å². The quantitative estimate of drug-likeness (QED) is 0.589. The Morgan fingerprint density at radius 2 is 2.30 bits per heavy atom. The maximum absolute atomic E-state index is 10.0. The molecule has 1 fully saturated rings. The van der Waals surface area contributed by atoms with Crippen LogP contribution in [0.4, 0.5) is 0 Å². The van der Waals surface area contributed by atoms with E-state index in [1.165, 1.54) is 5.56 Å². The molecule has 0 bridgehead atoms. The van der Waals surface area contributed by atoms with E-state index in [9.17, 15) is 5.11 Å². The number of benzene rings is 1. The van der Waals surface area contributed by atoms with Gasteiger partial charge in [-0.2, -0.15) is 0 Å². The van der Waals surface area contributed by atoms with E-state index in [0.717, 1.165) is 36.8 Å². The van der Waals surface area contributed by atoms with Crippen molar-refractivity contribution in [2.45, 2.75) is 44.2 Å². The summed E-state index contributed by atoms with van der Waals surface area (Å²) < 4.78 is 0. The second kappa shape index (κ2) is 6.26. The van der Waals surface area contributed by atoms with Gasteiger partial charge >= 0.3 is 0 Å². The molecule has 106 valence electrons. The van der Waals surface area contributed by atoms with E-state index in [1.807, 2.05) is 19.1 Å². The smallest absolute Gasteiger partial charge is 0.0668 e. The van der Waals surface area contributed by atoms with Crippen molar-refractivity contribution < 1.29 is 5.11 Å². The molecule has 0 aromatic heterocycles. The van der Waals surface area contributed by atoms with Crippen LogP contribution in [-0.4, -0.2) is 17.8 Å². The Bertz CT molecular complexity index is 522. The highest BCUT2D eigenvalue weighted by Crippen LogP contribution is 2.45. The fourth-order valence-corrected chi connectivity index (χ4v) is 2.43. The molecule has 2 nitrogen and oxygen atoms in total. The molecule has 0 radical (unpaired) electrons. The normalized spacial score (nSPS) is 17.2. The van der Waals surface area contributed by atoms with Gasteiger partial charge in [-0.05, 0) is 50.3 Å². The molecular weight excluding hydrogens is 246 g/mol. The van der Waals surface area contributed by atoms with E-state index < -0.39 is 0 Å². The molecule has 1 atom stereocenters. The summed E-state index contributed by atoms with van der Waals surface area (Å²) in [6.45, 7) is 6.48. The first-order valence-electron chi connectivity index (χ1n) is 7.20. The Balaban J connectivity index is 1.91. The molecule has 0 aliphatic heterocycles. The second-order valence-corrected chi connectivity index (χ2v) is 5.84. The van der Waals surface area contributed by atoms with Crippen molar-refractivity contribution in [3.63, 3.8) is 0 Å². The van der Waals surface area contributed by atoms with Crippen molar-refractivity contribution in [2.24, 2.45) is 0 Å². The summed E-state index contributed by atoms with van der Waals surface area (Å²) in [5.74, 6) is 2.68. The summed E-state index contributed by atoms with van der Waals surface area (Å²) in [6.07, 6.45) is 8.99. The first-order valence-corrected chi connectivity index (χ1v) is 7.20. The van der Waals surface area contributed by atoms with Crippen LogP contribution < -0.4 is 5.32 Å². The lowest BCUT2D eigenvalue weighted by Gasteiger charge is -2.21. The van der Waals surface area contributed by atoms with Crippen LogP contribution in [0.3, 0.4) is 0 Å². The molecule has 0 amide bonds. The van der Waals surface area contributed by atoms with Crippen LogP contribution in [0.25, 0.3) is 0 Å². The lowest BCUT2D eigenvalue weighted by molar-refractivity contribution is 0.156. The van der Waals surface area contributed by atoms with Crippen LogP contribution in [0.2, 0.25) is 0 Å². The number of nitrogens with one attached hydrogen (secondary N) is 1. The van der Waals surface area contributed by atoms with Crippen molar-refractivity contribution in [3.8, 4) is 12.3 Å².